The fraction of sp³-hybridized carbons (Fsp3) is 0.619. The third-order valence-electron chi connectivity index (χ3n) is 5.16. The van der Waals surface area contributed by atoms with Crippen molar-refractivity contribution in [2.75, 3.05) is 6.61 Å². The highest BCUT2D eigenvalue weighted by Gasteiger charge is 2.25. The van der Waals surface area contributed by atoms with Crippen molar-refractivity contribution in [2.24, 2.45) is 5.92 Å². The lowest BCUT2D eigenvalue weighted by molar-refractivity contribution is 0.0364. The lowest BCUT2D eigenvalue weighted by atomic mass is 9.88. The molecule has 0 atom stereocenters. The molecule has 2 aromatic rings. The Morgan fingerprint density at radius 1 is 1.27 bits per heavy atom. The Morgan fingerprint density at radius 2 is 2.00 bits per heavy atom. The lowest BCUT2D eigenvalue weighted by Crippen LogP contribution is -2.23. The van der Waals surface area contributed by atoms with Crippen LogP contribution >= 0.6 is 0 Å². The standard InChI is InChI=1S/C21H31N3O2/c1-5-26-23-19(25)16-11-12-18-17(13-16)22-20(21(2,3)4)24(18)14-15-9-7-6-8-10-15/h11-13,15H,5-10,14H2,1-4H3,(H,23,25). The van der Waals surface area contributed by atoms with Crippen LogP contribution in [0.4, 0.5) is 0 Å². The number of nitrogens with one attached hydrogen (secondary N) is 1. The zero-order chi connectivity index (χ0) is 18.7. The average molecular weight is 357 g/mol. The van der Waals surface area contributed by atoms with E-state index in [9.17, 15) is 4.79 Å². The number of nitrogens with zero attached hydrogens (tertiary/aromatic N) is 2. The number of hydrogen-bond donors (Lipinski definition) is 1. The minimum atomic E-state index is -0.229. The lowest BCUT2D eigenvalue weighted by Gasteiger charge is -2.26. The van der Waals surface area contributed by atoms with Gasteiger partial charge in [-0.3, -0.25) is 9.63 Å². The van der Waals surface area contributed by atoms with Crippen molar-refractivity contribution in [3.63, 3.8) is 0 Å². The zero-order valence-corrected chi connectivity index (χ0v) is 16.5. The summed E-state index contributed by atoms with van der Waals surface area (Å²) in [4.78, 5) is 22.1. The van der Waals surface area contributed by atoms with E-state index >= 15 is 0 Å². The van der Waals surface area contributed by atoms with Crippen molar-refractivity contribution in [2.45, 2.75) is 71.8 Å². The van der Waals surface area contributed by atoms with Crippen LogP contribution in [0.5, 0.6) is 0 Å². The molecule has 1 aliphatic carbocycles. The Hall–Kier alpha value is -1.88. The first-order valence-corrected chi connectivity index (χ1v) is 9.83. The summed E-state index contributed by atoms with van der Waals surface area (Å²) in [6.45, 7) is 9.91. The molecule has 0 spiro atoms. The van der Waals surface area contributed by atoms with E-state index in [4.69, 9.17) is 9.82 Å². The number of amides is 1. The van der Waals surface area contributed by atoms with Gasteiger partial charge in [0, 0.05) is 17.5 Å². The zero-order valence-electron chi connectivity index (χ0n) is 16.5. The van der Waals surface area contributed by atoms with Crippen LogP contribution in [0, 0.1) is 5.92 Å². The van der Waals surface area contributed by atoms with Gasteiger partial charge in [-0.05, 0) is 43.9 Å². The van der Waals surface area contributed by atoms with Gasteiger partial charge in [0.25, 0.3) is 5.91 Å². The minimum absolute atomic E-state index is 0.0402. The molecule has 5 heteroatoms. The topological polar surface area (TPSA) is 56.1 Å². The van der Waals surface area contributed by atoms with Gasteiger partial charge < -0.3 is 4.57 Å². The van der Waals surface area contributed by atoms with Crippen LogP contribution in [-0.4, -0.2) is 22.1 Å². The summed E-state index contributed by atoms with van der Waals surface area (Å²) in [5.74, 6) is 1.59. The average Bonchev–Trinajstić information content (AvgIpc) is 2.98. The molecule has 1 aromatic heterocycles. The van der Waals surface area contributed by atoms with Gasteiger partial charge in [0.2, 0.25) is 0 Å². The molecule has 1 saturated carbocycles. The number of aromatic nitrogens is 2. The van der Waals surface area contributed by atoms with Crippen LogP contribution in [0.15, 0.2) is 18.2 Å². The van der Waals surface area contributed by atoms with Crippen LogP contribution < -0.4 is 5.48 Å². The molecule has 0 bridgehead atoms. The molecular formula is C21H31N3O2. The highest BCUT2D eigenvalue weighted by Crippen LogP contribution is 2.31. The molecule has 1 amide bonds. The summed E-state index contributed by atoms with van der Waals surface area (Å²) in [5, 5.41) is 0. The predicted molar refractivity (Wildman–Crippen MR) is 104 cm³/mol. The summed E-state index contributed by atoms with van der Waals surface area (Å²) < 4.78 is 2.38. The number of hydroxylamine groups is 1. The molecule has 1 N–H and O–H groups in total. The number of carbonyl (C=O) groups is 1. The number of rotatable bonds is 5. The van der Waals surface area contributed by atoms with E-state index in [2.05, 4.69) is 30.8 Å². The first-order chi connectivity index (χ1) is 12.4. The van der Waals surface area contributed by atoms with Crippen molar-refractivity contribution < 1.29 is 9.63 Å². The highest BCUT2D eigenvalue weighted by atomic mass is 16.6. The first-order valence-electron chi connectivity index (χ1n) is 9.83. The van der Waals surface area contributed by atoms with Gasteiger partial charge >= 0.3 is 0 Å². The molecule has 1 heterocycles. The van der Waals surface area contributed by atoms with E-state index in [0.29, 0.717) is 12.2 Å². The first kappa shape index (κ1) is 18.9. The third kappa shape index (κ3) is 4.09. The molecule has 26 heavy (non-hydrogen) atoms. The molecule has 142 valence electrons. The maximum atomic E-state index is 12.2. The second kappa shape index (κ2) is 7.78. The number of hydrogen-bond acceptors (Lipinski definition) is 3. The van der Waals surface area contributed by atoms with Gasteiger partial charge in [-0.1, -0.05) is 40.0 Å². The molecule has 1 aromatic carbocycles. The van der Waals surface area contributed by atoms with Crippen molar-refractivity contribution in [3.8, 4) is 0 Å². The third-order valence-corrected chi connectivity index (χ3v) is 5.16. The molecule has 0 unspecified atom stereocenters. The Balaban J connectivity index is 1.96. The summed E-state index contributed by atoms with van der Waals surface area (Å²) in [6, 6.07) is 5.76. The van der Waals surface area contributed by atoms with Crippen LogP contribution in [0.2, 0.25) is 0 Å². The maximum absolute atomic E-state index is 12.2. The van der Waals surface area contributed by atoms with E-state index in [1.807, 2.05) is 25.1 Å². The normalized spacial score (nSPS) is 16.2. The monoisotopic (exact) mass is 357 g/mol. The Morgan fingerprint density at radius 3 is 2.65 bits per heavy atom. The van der Waals surface area contributed by atoms with Gasteiger partial charge in [0.05, 0.1) is 17.6 Å². The van der Waals surface area contributed by atoms with Crippen molar-refractivity contribution in [3.05, 3.63) is 29.6 Å². The fourth-order valence-corrected chi connectivity index (χ4v) is 3.85. The number of carbonyl (C=O) groups excluding carboxylic acids is 1. The number of benzene rings is 1. The van der Waals surface area contributed by atoms with Crippen LogP contribution in [0.25, 0.3) is 11.0 Å². The van der Waals surface area contributed by atoms with Gasteiger partial charge in [-0.25, -0.2) is 10.5 Å². The SMILES string of the molecule is CCONC(=O)c1ccc2c(c1)nc(C(C)(C)C)n2CC1CCCCC1. The molecule has 0 aliphatic heterocycles. The highest BCUT2D eigenvalue weighted by molar-refractivity contribution is 5.96. The molecule has 1 fully saturated rings. The number of imidazole rings is 1. The minimum Gasteiger partial charge on any atom is -0.327 e. The second-order valence-electron chi connectivity index (χ2n) is 8.37. The van der Waals surface area contributed by atoms with E-state index in [0.717, 1.165) is 29.3 Å². The summed E-state index contributed by atoms with van der Waals surface area (Å²) in [7, 11) is 0. The Kier molecular flexibility index (Phi) is 5.66. The summed E-state index contributed by atoms with van der Waals surface area (Å²) in [5.41, 5.74) is 5.00. The predicted octanol–water partition coefficient (Wildman–Crippen LogP) is 4.60. The van der Waals surface area contributed by atoms with Crippen molar-refractivity contribution in [1.29, 1.82) is 0 Å². The molecule has 5 nitrogen and oxygen atoms in total. The van der Waals surface area contributed by atoms with E-state index in [1.165, 1.54) is 32.1 Å². The fourth-order valence-electron chi connectivity index (χ4n) is 3.85. The van der Waals surface area contributed by atoms with E-state index in [1.54, 1.807) is 0 Å². The molecule has 1 aliphatic rings. The van der Waals surface area contributed by atoms with Gasteiger partial charge in [0.1, 0.15) is 5.82 Å². The quantitative estimate of drug-likeness (QED) is 0.796. The van der Waals surface area contributed by atoms with Crippen LogP contribution in [-0.2, 0) is 16.8 Å². The Bertz CT molecular complexity index is 767. The summed E-state index contributed by atoms with van der Waals surface area (Å²) in [6.07, 6.45) is 6.65. The van der Waals surface area contributed by atoms with E-state index in [-0.39, 0.29) is 11.3 Å². The van der Waals surface area contributed by atoms with Crippen LogP contribution in [0.3, 0.4) is 0 Å². The van der Waals surface area contributed by atoms with Gasteiger partial charge in [-0.15, -0.1) is 0 Å². The summed E-state index contributed by atoms with van der Waals surface area (Å²) >= 11 is 0. The Labute approximate surface area is 156 Å². The van der Waals surface area contributed by atoms with Gasteiger partial charge in [-0.2, -0.15) is 0 Å². The van der Waals surface area contributed by atoms with E-state index < -0.39 is 0 Å². The van der Waals surface area contributed by atoms with Crippen LogP contribution in [0.1, 0.15) is 76.0 Å². The smallest absolute Gasteiger partial charge is 0.274 e. The second-order valence-corrected chi connectivity index (χ2v) is 8.37. The maximum Gasteiger partial charge on any atom is 0.274 e. The molecule has 0 radical (unpaired) electrons. The molecular weight excluding hydrogens is 326 g/mol. The number of fused-ring (bicyclic) bond motifs is 1. The molecule has 0 saturated heterocycles. The van der Waals surface area contributed by atoms with Crippen molar-refractivity contribution >= 4 is 16.9 Å². The molecule has 3 rings (SSSR count). The largest absolute Gasteiger partial charge is 0.327 e. The van der Waals surface area contributed by atoms with Gasteiger partial charge in [0.15, 0.2) is 0 Å². The van der Waals surface area contributed by atoms with Crippen molar-refractivity contribution in [1.82, 2.24) is 15.0 Å².